The van der Waals surface area contributed by atoms with E-state index in [2.05, 4.69) is 44.3 Å². The van der Waals surface area contributed by atoms with E-state index in [1.807, 2.05) is 0 Å². The number of aryl methyl sites for hydroxylation is 3. The summed E-state index contributed by atoms with van der Waals surface area (Å²) in [4.78, 5) is 0. The SMILES string of the molecule is CCc1cc(C)cc(CC)c1C1=CC2COCC(C1)N2. The smallest absolute Gasteiger partial charge is 0.0656 e. The molecular formula is C18H25NO. The maximum Gasteiger partial charge on any atom is 0.0656 e. The van der Waals surface area contributed by atoms with Crippen LogP contribution < -0.4 is 5.32 Å². The van der Waals surface area contributed by atoms with Gasteiger partial charge in [0.2, 0.25) is 0 Å². The quantitative estimate of drug-likeness (QED) is 0.911. The second kappa shape index (κ2) is 5.71. The Balaban J connectivity index is 2.06. The molecule has 1 aromatic rings. The topological polar surface area (TPSA) is 21.3 Å². The fourth-order valence-electron chi connectivity index (χ4n) is 3.62. The van der Waals surface area contributed by atoms with Crippen LogP contribution in [0.15, 0.2) is 18.2 Å². The van der Waals surface area contributed by atoms with Crippen LogP contribution in [0.25, 0.3) is 5.57 Å². The van der Waals surface area contributed by atoms with Crippen molar-refractivity contribution in [3.8, 4) is 0 Å². The van der Waals surface area contributed by atoms with E-state index in [1.54, 1.807) is 0 Å². The molecule has 3 rings (SSSR count). The van der Waals surface area contributed by atoms with Crippen LogP contribution in [0.1, 0.15) is 42.5 Å². The highest BCUT2D eigenvalue weighted by molar-refractivity contribution is 5.73. The van der Waals surface area contributed by atoms with Crippen LogP contribution in [0.5, 0.6) is 0 Å². The third kappa shape index (κ3) is 2.55. The molecule has 0 saturated carbocycles. The minimum absolute atomic E-state index is 0.396. The predicted molar refractivity (Wildman–Crippen MR) is 84.1 cm³/mol. The summed E-state index contributed by atoms with van der Waals surface area (Å²) < 4.78 is 5.65. The number of hydrogen-bond acceptors (Lipinski definition) is 2. The van der Waals surface area contributed by atoms with Crippen molar-refractivity contribution in [2.75, 3.05) is 13.2 Å². The van der Waals surface area contributed by atoms with Gasteiger partial charge in [-0.15, -0.1) is 0 Å². The van der Waals surface area contributed by atoms with Crippen LogP contribution in [-0.2, 0) is 17.6 Å². The Morgan fingerprint density at radius 3 is 2.45 bits per heavy atom. The van der Waals surface area contributed by atoms with Gasteiger partial charge in [-0.05, 0) is 48.4 Å². The molecule has 108 valence electrons. The molecule has 0 aliphatic carbocycles. The van der Waals surface area contributed by atoms with Crippen LogP contribution >= 0.6 is 0 Å². The molecule has 2 nitrogen and oxygen atoms in total. The molecule has 1 aromatic carbocycles. The van der Waals surface area contributed by atoms with Gasteiger partial charge in [0.05, 0.1) is 13.2 Å². The first-order chi connectivity index (χ1) is 9.71. The highest BCUT2D eigenvalue weighted by atomic mass is 16.5. The molecule has 2 heterocycles. The van der Waals surface area contributed by atoms with Crippen LogP contribution in [0.2, 0.25) is 0 Å². The average molecular weight is 271 g/mol. The standard InChI is InChI=1S/C18H25NO/c1-4-13-6-12(3)7-14(5-2)18(13)15-8-16-10-20-11-17(9-15)19-16/h6-8,16-17,19H,4-5,9-11H2,1-3H3. The van der Waals surface area contributed by atoms with Gasteiger partial charge < -0.3 is 10.1 Å². The number of nitrogens with one attached hydrogen (secondary N) is 1. The summed E-state index contributed by atoms with van der Waals surface area (Å²) in [7, 11) is 0. The number of ether oxygens (including phenoxy) is 1. The van der Waals surface area contributed by atoms with Crippen LogP contribution in [0, 0.1) is 6.92 Å². The molecule has 1 saturated heterocycles. The maximum atomic E-state index is 5.65. The Morgan fingerprint density at radius 1 is 1.15 bits per heavy atom. The molecule has 2 unspecified atom stereocenters. The zero-order valence-corrected chi connectivity index (χ0v) is 12.8. The Hall–Kier alpha value is -1.12. The van der Waals surface area contributed by atoms with E-state index in [0.717, 1.165) is 32.5 Å². The molecule has 2 heteroatoms. The van der Waals surface area contributed by atoms with Gasteiger partial charge in [-0.1, -0.05) is 37.6 Å². The van der Waals surface area contributed by atoms with Crippen LogP contribution in [0.3, 0.4) is 0 Å². The lowest BCUT2D eigenvalue weighted by atomic mass is 9.84. The lowest BCUT2D eigenvalue weighted by molar-refractivity contribution is 0.0561. The van der Waals surface area contributed by atoms with E-state index in [0.29, 0.717) is 12.1 Å². The van der Waals surface area contributed by atoms with E-state index >= 15 is 0 Å². The van der Waals surface area contributed by atoms with Gasteiger partial charge in [0.15, 0.2) is 0 Å². The molecule has 2 aliphatic heterocycles. The molecule has 0 aromatic heterocycles. The lowest BCUT2D eigenvalue weighted by Gasteiger charge is -2.36. The summed E-state index contributed by atoms with van der Waals surface area (Å²) in [6.07, 6.45) is 5.72. The second-order valence-electron chi connectivity index (χ2n) is 6.07. The van der Waals surface area contributed by atoms with Gasteiger partial charge in [-0.2, -0.15) is 0 Å². The van der Waals surface area contributed by atoms with E-state index < -0.39 is 0 Å². The number of hydrogen-bond donors (Lipinski definition) is 1. The summed E-state index contributed by atoms with van der Waals surface area (Å²) in [5.41, 5.74) is 7.47. The summed E-state index contributed by atoms with van der Waals surface area (Å²) in [5.74, 6) is 0. The van der Waals surface area contributed by atoms with Gasteiger partial charge in [-0.25, -0.2) is 0 Å². The van der Waals surface area contributed by atoms with Crippen LogP contribution in [-0.4, -0.2) is 25.3 Å². The Morgan fingerprint density at radius 2 is 1.85 bits per heavy atom. The summed E-state index contributed by atoms with van der Waals surface area (Å²) >= 11 is 0. The molecule has 0 radical (unpaired) electrons. The predicted octanol–water partition coefficient (Wildman–Crippen LogP) is 3.26. The summed E-state index contributed by atoms with van der Waals surface area (Å²) in [5, 5.41) is 3.64. The van der Waals surface area contributed by atoms with Crippen molar-refractivity contribution >= 4 is 5.57 Å². The number of morpholine rings is 1. The summed E-state index contributed by atoms with van der Waals surface area (Å²) in [6, 6.07) is 5.62. The van der Waals surface area contributed by atoms with Crippen molar-refractivity contribution in [1.29, 1.82) is 0 Å². The Kier molecular flexibility index (Phi) is 3.95. The highest BCUT2D eigenvalue weighted by Crippen LogP contribution is 2.33. The van der Waals surface area contributed by atoms with E-state index in [9.17, 15) is 0 Å². The number of benzene rings is 1. The van der Waals surface area contributed by atoms with Gasteiger partial charge >= 0.3 is 0 Å². The Bertz CT molecular complexity index is 507. The van der Waals surface area contributed by atoms with Gasteiger partial charge in [0, 0.05) is 12.1 Å². The first-order valence-corrected chi connectivity index (χ1v) is 7.88. The molecule has 1 fully saturated rings. The fourth-order valence-corrected chi connectivity index (χ4v) is 3.62. The molecule has 0 amide bonds. The Labute approximate surface area is 122 Å². The summed E-state index contributed by atoms with van der Waals surface area (Å²) in [6.45, 7) is 8.41. The third-order valence-corrected chi connectivity index (χ3v) is 4.46. The molecule has 2 atom stereocenters. The molecule has 1 N–H and O–H groups in total. The average Bonchev–Trinajstić information content (AvgIpc) is 2.45. The van der Waals surface area contributed by atoms with Crippen molar-refractivity contribution in [1.82, 2.24) is 5.32 Å². The van der Waals surface area contributed by atoms with Crippen molar-refractivity contribution < 1.29 is 4.74 Å². The van der Waals surface area contributed by atoms with Crippen molar-refractivity contribution in [2.24, 2.45) is 0 Å². The second-order valence-corrected chi connectivity index (χ2v) is 6.07. The molecule has 20 heavy (non-hydrogen) atoms. The zero-order valence-electron chi connectivity index (χ0n) is 12.8. The zero-order chi connectivity index (χ0) is 14.1. The van der Waals surface area contributed by atoms with Crippen LogP contribution in [0.4, 0.5) is 0 Å². The van der Waals surface area contributed by atoms with Gasteiger partial charge in [-0.3, -0.25) is 0 Å². The first kappa shape index (κ1) is 13.8. The minimum Gasteiger partial charge on any atom is -0.378 e. The lowest BCUT2D eigenvalue weighted by Crippen LogP contribution is -2.50. The van der Waals surface area contributed by atoms with Gasteiger partial charge in [0.25, 0.3) is 0 Å². The van der Waals surface area contributed by atoms with E-state index in [4.69, 9.17) is 4.74 Å². The number of rotatable bonds is 3. The first-order valence-electron chi connectivity index (χ1n) is 7.88. The molecule has 0 spiro atoms. The van der Waals surface area contributed by atoms with Crippen molar-refractivity contribution in [2.45, 2.75) is 52.1 Å². The fraction of sp³-hybridized carbons (Fsp3) is 0.556. The largest absolute Gasteiger partial charge is 0.378 e. The third-order valence-electron chi connectivity index (χ3n) is 4.46. The monoisotopic (exact) mass is 271 g/mol. The molecule has 2 bridgehead atoms. The minimum atomic E-state index is 0.396. The maximum absolute atomic E-state index is 5.65. The van der Waals surface area contributed by atoms with Gasteiger partial charge in [0.1, 0.15) is 0 Å². The van der Waals surface area contributed by atoms with Crippen molar-refractivity contribution in [3.05, 3.63) is 40.5 Å². The van der Waals surface area contributed by atoms with E-state index in [-0.39, 0.29) is 0 Å². The van der Waals surface area contributed by atoms with E-state index in [1.165, 1.54) is 27.8 Å². The molecule has 2 aliphatic rings. The number of fused-ring (bicyclic) bond motifs is 2. The molecular weight excluding hydrogens is 246 g/mol. The van der Waals surface area contributed by atoms with Crippen molar-refractivity contribution in [3.63, 3.8) is 0 Å². The normalized spacial score (nSPS) is 25.4. The highest BCUT2D eigenvalue weighted by Gasteiger charge is 2.28.